The Balaban J connectivity index is 2.02. The number of rotatable bonds is 3. The number of hydrogen-bond acceptors (Lipinski definition) is 3. The summed E-state index contributed by atoms with van der Waals surface area (Å²) in [7, 11) is 1.17. The normalized spacial score (nSPS) is 14.2. The standard InChI is InChI=1S/C19H16F3NO2/c1-25-19(24)13-9-8-12(11-16(13)21)23-10-3-2-7-17(23)14-5-4-6-15(20)18(14)22/h4-9,11H,2-3,10H2,1H3. The molecule has 0 atom stereocenters. The van der Waals surface area contributed by atoms with Crippen molar-refractivity contribution in [2.75, 3.05) is 18.6 Å². The summed E-state index contributed by atoms with van der Waals surface area (Å²) in [6, 6.07) is 8.06. The van der Waals surface area contributed by atoms with Gasteiger partial charge in [-0.05, 0) is 43.2 Å². The molecule has 0 aliphatic carbocycles. The Morgan fingerprint density at radius 2 is 1.92 bits per heavy atom. The number of benzene rings is 2. The molecule has 25 heavy (non-hydrogen) atoms. The van der Waals surface area contributed by atoms with Gasteiger partial charge < -0.3 is 9.64 Å². The van der Waals surface area contributed by atoms with Crippen LogP contribution in [0.1, 0.15) is 28.8 Å². The van der Waals surface area contributed by atoms with Crippen LogP contribution in [0.15, 0.2) is 42.5 Å². The fraction of sp³-hybridized carbons (Fsp3) is 0.211. The van der Waals surface area contributed by atoms with Gasteiger partial charge in [0, 0.05) is 23.5 Å². The molecule has 0 aromatic heterocycles. The largest absolute Gasteiger partial charge is 0.465 e. The number of methoxy groups -OCH3 is 1. The average molecular weight is 347 g/mol. The number of allylic oxidation sites excluding steroid dienone is 1. The first-order valence-electron chi connectivity index (χ1n) is 7.83. The van der Waals surface area contributed by atoms with E-state index >= 15 is 0 Å². The molecule has 0 spiro atoms. The van der Waals surface area contributed by atoms with Crippen molar-refractivity contribution in [2.24, 2.45) is 0 Å². The first kappa shape index (κ1) is 17.1. The highest BCUT2D eigenvalue weighted by molar-refractivity contribution is 5.90. The van der Waals surface area contributed by atoms with Crippen LogP contribution in [0.4, 0.5) is 18.9 Å². The summed E-state index contributed by atoms with van der Waals surface area (Å²) in [4.78, 5) is 13.2. The highest BCUT2D eigenvalue weighted by Gasteiger charge is 2.23. The lowest BCUT2D eigenvalue weighted by Gasteiger charge is -2.31. The molecule has 6 heteroatoms. The topological polar surface area (TPSA) is 29.5 Å². The van der Waals surface area contributed by atoms with Crippen molar-refractivity contribution < 1.29 is 22.7 Å². The van der Waals surface area contributed by atoms with Crippen molar-refractivity contribution >= 4 is 17.4 Å². The molecule has 2 aromatic carbocycles. The Morgan fingerprint density at radius 1 is 1.12 bits per heavy atom. The number of halogens is 3. The maximum atomic E-state index is 14.2. The Hall–Kier alpha value is -2.76. The molecule has 0 N–H and O–H groups in total. The number of nitrogens with zero attached hydrogens (tertiary/aromatic N) is 1. The number of carbonyl (C=O) groups excluding carboxylic acids is 1. The van der Waals surface area contributed by atoms with Crippen LogP contribution in [0.25, 0.3) is 5.70 Å². The van der Waals surface area contributed by atoms with Crippen molar-refractivity contribution in [1.29, 1.82) is 0 Å². The minimum absolute atomic E-state index is 0.122. The molecule has 0 radical (unpaired) electrons. The van der Waals surface area contributed by atoms with E-state index in [-0.39, 0.29) is 11.1 Å². The van der Waals surface area contributed by atoms with E-state index in [4.69, 9.17) is 0 Å². The minimum atomic E-state index is -0.938. The predicted molar refractivity (Wildman–Crippen MR) is 88.7 cm³/mol. The quantitative estimate of drug-likeness (QED) is 0.764. The van der Waals surface area contributed by atoms with Crippen molar-refractivity contribution in [1.82, 2.24) is 0 Å². The fourth-order valence-corrected chi connectivity index (χ4v) is 2.89. The zero-order valence-electron chi connectivity index (χ0n) is 13.6. The molecule has 1 aliphatic heterocycles. The van der Waals surface area contributed by atoms with E-state index in [1.165, 1.54) is 31.4 Å². The molecule has 0 amide bonds. The van der Waals surface area contributed by atoms with Crippen LogP contribution < -0.4 is 4.90 Å². The van der Waals surface area contributed by atoms with Crippen LogP contribution in [-0.4, -0.2) is 19.6 Å². The van der Waals surface area contributed by atoms with E-state index in [9.17, 15) is 18.0 Å². The second-order valence-electron chi connectivity index (χ2n) is 5.64. The predicted octanol–water partition coefficient (Wildman–Crippen LogP) is 4.53. The van der Waals surface area contributed by atoms with Gasteiger partial charge in [-0.1, -0.05) is 12.1 Å². The molecule has 0 unspecified atom stereocenters. The molecule has 0 saturated heterocycles. The smallest absolute Gasteiger partial charge is 0.340 e. The van der Waals surface area contributed by atoms with Gasteiger partial charge in [0.2, 0.25) is 0 Å². The summed E-state index contributed by atoms with van der Waals surface area (Å²) in [6.07, 6.45) is 3.30. The number of anilines is 1. The summed E-state index contributed by atoms with van der Waals surface area (Å²) in [6.45, 7) is 0.527. The first-order valence-corrected chi connectivity index (χ1v) is 7.83. The molecule has 0 bridgehead atoms. The lowest BCUT2D eigenvalue weighted by molar-refractivity contribution is 0.0595. The summed E-state index contributed by atoms with van der Waals surface area (Å²) >= 11 is 0. The van der Waals surface area contributed by atoms with Gasteiger partial charge in [-0.2, -0.15) is 0 Å². The molecule has 1 heterocycles. The third-order valence-corrected chi connectivity index (χ3v) is 4.11. The summed E-state index contributed by atoms with van der Waals surface area (Å²) in [5.41, 5.74) is 0.885. The van der Waals surface area contributed by atoms with Gasteiger partial charge in [-0.25, -0.2) is 18.0 Å². The van der Waals surface area contributed by atoms with Crippen LogP contribution in [0.5, 0.6) is 0 Å². The average Bonchev–Trinajstić information content (AvgIpc) is 2.63. The Labute approximate surface area is 143 Å². The fourth-order valence-electron chi connectivity index (χ4n) is 2.89. The zero-order chi connectivity index (χ0) is 18.0. The number of carbonyl (C=O) groups is 1. The number of esters is 1. The van der Waals surface area contributed by atoms with Crippen molar-refractivity contribution in [3.63, 3.8) is 0 Å². The maximum Gasteiger partial charge on any atom is 0.340 e. The van der Waals surface area contributed by atoms with Crippen molar-refractivity contribution in [3.05, 3.63) is 71.1 Å². The lowest BCUT2D eigenvalue weighted by Crippen LogP contribution is -2.26. The van der Waals surface area contributed by atoms with Gasteiger partial charge in [-0.15, -0.1) is 0 Å². The van der Waals surface area contributed by atoms with Gasteiger partial charge in [0.1, 0.15) is 5.82 Å². The third kappa shape index (κ3) is 3.24. The van der Waals surface area contributed by atoms with E-state index in [1.54, 1.807) is 17.0 Å². The Bertz CT molecular complexity index is 849. The highest BCUT2D eigenvalue weighted by Crippen LogP contribution is 2.33. The van der Waals surface area contributed by atoms with Crippen LogP contribution in [0.3, 0.4) is 0 Å². The van der Waals surface area contributed by atoms with Gasteiger partial charge >= 0.3 is 5.97 Å². The van der Waals surface area contributed by atoms with E-state index in [1.807, 2.05) is 0 Å². The van der Waals surface area contributed by atoms with Gasteiger partial charge in [0.15, 0.2) is 11.6 Å². The summed E-state index contributed by atoms with van der Waals surface area (Å²) in [5, 5.41) is 0. The summed E-state index contributed by atoms with van der Waals surface area (Å²) < 4.78 is 46.5. The summed E-state index contributed by atoms with van der Waals surface area (Å²) in [5.74, 6) is -3.37. The van der Waals surface area contributed by atoms with Crippen LogP contribution in [-0.2, 0) is 4.74 Å². The van der Waals surface area contributed by atoms with Crippen LogP contribution >= 0.6 is 0 Å². The minimum Gasteiger partial charge on any atom is -0.465 e. The van der Waals surface area contributed by atoms with Gasteiger partial charge in [0.25, 0.3) is 0 Å². The monoisotopic (exact) mass is 347 g/mol. The van der Waals surface area contributed by atoms with Crippen molar-refractivity contribution in [2.45, 2.75) is 12.8 Å². The SMILES string of the molecule is COC(=O)c1ccc(N2CCCC=C2c2cccc(F)c2F)cc1F. The molecular formula is C19H16F3NO2. The third-order valence-electron chi connectivity index (χ3n) is 4.11. The molecule has 130 valence electrons. The van der Waals surface area contributed by atoms with Crippen LogP contribution in [0.2, 0.25) is 0 Å². The maximum absolute atomic E-state index is 14.2. The highest BCUT2D eigenvalue weighted by atomic mass is 19.2. The molecule has 1 aliphatic rings. The molecule has 0 saturated carbocycles. The van der Waals surface area contributed by atoms with E-state index in [2.05, 4.69) is 4.74 Å². The molecule has 3 nitrogen and oxygen atoms in total. The number of hydrogen-bond donors (Lipinski definition) is 0. The van der Waals surface area contributed by atoms with Gasteiger partial charge in [0.05, 0.1) is 12.7 Å². The second-order valence-corrected chi connectivity index (χ2v) is 5.64. The van der Waals surface area contributed by atoms with Crippen molar-refractivity contribution in [3.8, 4) is 0 Å². The molecule has 2 aromatic rings. The zero-order valence-corrected chi connectivity index (χ0v) is 13.6. The van der Waals surface area contributed by atoms with Crippen LogP contribution in [0, 0.1) is 17.5 Å². The molecular weight excluding hydrogens is 331 g/mol. The first-order chi connectivity index (χ1) is 12.0. The second kappa shape index (κ2) is 7.01. The van der Waals surface area contributed by atoms with E-state index in [0.717, 1.165) is 12.5 Å². The molecule has 3 rings (SSSR count). The molecule has 0 fully saturated rings. The van der Waals surface area contributed by atoms with E-state index in [0.29, 0.717) is 24.4 Å². The number of ether oxygens (including phenoxy) is 1. The Morgan fingerprint density at radius 3 is 2.64 bits per heavy atom. The van der Waals surface area contributed by atoms with E-state index < -0.39 is 23.4 Å². The Kier molecular flexibility index (Phi) is 4.79. The van der Waals surface area contributed by atoms with Gasteiger partial charge in [-0.3, -0.25) is 0 Å². The lowest BCUT2D eigenvalue weighted by atomic mass is 10.0.